The minimum absolute atomic E-state index is 0.295. The van der Waals surface area contributed by atoms with Crippen LogP contribution >= 0.6 is 0 Å². The highest BCUT2D eigenvalue weighted by molar-refractivity contribution is 6.03. The van der Waals surface area contributed by atoms with E-state index in [-0.39, 0.29) is 0 Å². The number of rotatable bonds is 2. The number of aromatic nitrogens is 1. The van der Waals surface area contributed by atoms with Gasteiger partial charge in [0.25, 0.3) is 0 Å². The highest BCUT2D eigenvalue weighted by Crippen LogP contribution is 2.29. The van der Waals surface area contributed by atoms with Crippen LogP contribution in [0.15, 0.2) is 47.7 Å². The molecule has 0 unspecified atom stereocenters. The molecule has 3 rings (SSSR count). The molecule has 0 radical (unpaired) electrons. The Labute approximate surface area is 125 Å². The number of nitrogens with zero attached hydrogens (tertiary/aromatic N) is 2. The van der Waals surface area contributed by atoms with Crippen LogP contribution in [-0.2, 0) is 12.6 Å². The molecule has 0 fully saturated rings. The number of fused-ring (bicyclic) bond motifs is 1. The molecule has 114 valence electrons. The molecule has 0 aliphatic heterocycles. The first-order chi connectivity index (χ1) is 10.5. The van der Waals surface area contributed by atoms with E-state index in [0.717, 1.165) is 42.8 Å². The maximum absolute atomic E-state index is 12.5. The lowest BCUT2D eigenvalue weighted by molar-refractivity contribution is -0.137. The molecule has 1 aromatic heterocycles. The Balaban J connectivity index is 1.78. The molecule has 1 aromatic carbocycles. The lowest BCUT2D eigenvalue weighted by atomic mass is 9.90. The molecule has 0 bridgehead atoms. The first-order valence-corrected chi connectivity index (χ1v) is 6.98. The van der Waals surface area contributed by atoms with Crippen molar-refractivity contribution in [1.29, 1.82) is 0 Å². The number of anilines is 1. The Bertz CT molecular complexity index is 691. The van der Waals surface area contributed by atoms with Gasteiger partial charge >= 0.3 is 6.18 Å². The number of aryl methyl sites for hydroxylation is 1. The number of nitrogens with one attached hydrogen (secondary N) is 1. The number of hydrazone groups is 1. The van der Waals surface area contributed by atoms with Gasteiger partial charge in [0.05, 0.1) is 11.3 Å². The van der Waals surface area contributed by atoms with Gasteiger partial charge in [0.1, 0.15) is 5.82 Å². The van der Waals surface area contributed by atoms with E-state index < -0.39 is 11.7 Å². The van der Waals surface area contributed by atoms with E-state index in [2.05, 4.69) is 21.6 Å². The van der Waals surface area contributed by atoms with Gasteiger partial charge in [0, 0.05) is 11.8 Å². The number of halogens is 3. The van der Waals surface area contributed by atoms with E-state index in [9.17, 15) is 13.2 Å². The summed E-state index contributed by atoms with van der Waals surface area (Å²) >= 11 is 0. The summed E-state index contributed by atoms with van der Waals surface area (Å²) in [4.78, 5) is 3.75. The van der Waals surface area contributed by atoms with Crippen LogP contribution in [0.5, 0.6) is 0 Å². The lowest BCUT2D eigenvalue weighted by Crippen LogP contribution is -2.13. The summed E-state index contributed by atoms with van der Waals surface area (Å²) in [6.45, 7) is 0. The molecule has 0 amide bonds. The van der Waals surface area contributed by atoms with Gasteiger partial charge in [-0.1, -0.05) is 24.3 Å². The van der Waals surface area contributed by atoms with Crippen LogP contribution < -0.4 is 5.43 Å². The topological polar surface area (TPSA) is 37.3 Å². The number of hydrogen-bond acceptors (Lipinski definition) is 3. The molecule has 2 aromatic rings. The van der Waals surface area contributed by atoms with Crippen molar-refractivity contribution in [2.45, 2.75) is 25.4 Å². The second-order valence-electron chi connectivity index (χ2n) is 5.11. The monoisotopic (exact) mass is 305 g/mol. The van der Waals surface area contributed by atoms with Crippen LogP contribution in [0.25, 0.3) is 0 Å². The van der Waals surface area contributed by atoms with Gasteiger partial charge in [-0.15, -0.1) is 0 Å². The Kier molecular flexibility index (Phi) is 3.83. The molecule has 0 saturated carbocycles. The van der Waals surface area contributed by atoms with Crippen molar-refractivity contribution >= 4 is 11.5 Å². The lowest BCUT2D eigenvalue weighted by Gasteiger charge is -2.17. The summed E-state index contributed by atoms with van der Waals surface area (Å²) in [6, 6.07) is 10.3. The third-order valence-electron chi connectivity index (χ3n) is 3.58. The molecular formula is C16H14F3N3. The van der Waals surface area contributed by atoms with Crippen molar-refractivity contribution in [3.63, 3.8) is 0 Å². The van der Waals surface area contributed by atoms with Crippen LogP contribution in [0.3, 0.4) is 0 Å². The average Bonchev–Trinajstić information content (AvgIpc) is 2.52. The number of pyridine rings is 1. The molecule has 1 aliphatic rings. The van der Waals surface area contributed by atoms with Gasteiger partial charge in [-0.25, -0.2) is 4.98 Å². The zero-order valence-corrected chi connectivity index (χ0v) is 11.7. The Hall–Kier alpha value is -2.37. The van der Waals surface area contributed by atoms with Gasteiger partial charge < -0.3 is 0 Å². The summed E-state index contributed by atoms with van der Waals surface area (Å²) in [7, 11) is 0. The molecule has 1 heterocycles. The predicted octanol–water partition coefficient (Wildman–Crippen LogP) is 4.25. The van der Waals surface area contributed by atoms with Crippen molar-refractivity contribution in [3.8, 4) is 0 Å². The van der Waals surface area contributed by atoms with E-state index in [4.69, 9.17) is 0 Å². The first-order valence-electron chi connectivity index (χ1n) is 6.98. The van der Waals surface area contributed by atoms with Gasteiger partial charge in [0.15, 0.2) is 0 Å². The molecule has 3 nitrogen and oxygen atoms in total. The molecule has 1 N–H and O–H groups in total. The molecular weight excluding hydrogens is 291 g/mol. The van der Waals surface area contributed by atoms with E-state index in [1.165, 1.54) is 11.6 Å². The fraction of sp³-hybridized carbons (Fsp3) is 0.250. The van der Waals surface area contributed by atoms with Crippen LogP contribution in [-0.4, -0.2) is 10.7 Å². The van der Waals surface area contributed by atoms with E-state index in [0.29, 0.717) is 5.82 Å². The van der Waals surface area contributed by atoms with Gasteiger partial charge in [-0.2, -0.15) is 18.3 Å². The quantitative estimate of drug-likeness (QED) is 0.842. The molecule has 22 heavy (non-hydrogen) atoms. The molecule has 0 saturated heterocycles. The Morgan fingerprint density at radius 2 is 1.86 bits per heavy atom. The maximum atomic E-state index is 12.5. The van der Waals surface area contributed by atoms with Crippen LogP contribution in [0, 0.1) is 0 Å². The van der Waals surface area contributed by atoms with Gasteiger partial charge in [-0.05, 0) is 37.0 Å². The number of hydrogen-bond donors (Lipinski definition) is 1. The van der Waals surface area contributed by atoms with Crippen LogP contribution in [0.1, 0.15) is 29.5 Å². The normalized spacial score (nSPS) is 16.4. The predicted molar refractivity (Wildman–Crippen MR) is 78.8 cm³/mol. The summed E-state index contributed by atoms with van der Waals surface area (Å²) < 4.78 is 37.4. The van der Waals surface area contributed by atoms with E-state index in [1.54, 1.807) is 0 Å². The van der Waals surface area contributed by atoms with Crippen molar-refractivity contribution in [2.75, 3.05) is 5.43 Å². The highest BCUT2D eigenvalue weighted by atomic mass is 19.4. The molecule has 0 spiro atoms. The van der Waals surface area contributed by atoms with Crippen molar-refractivity contribution in [1.82, 2.24) is 4.98 Å². The van der Waals surface area contributed by atoms with E-state index in [1.807, 2.05) is 18.2 Å². The van der Waals surface area contributed by atoms with Gasteiger partial charge in [-0.3, -0.25) is 5.43 Å². The van der Waals surface area contributed by atoms with Crippen LogP contribution in [0.2, 0.25) is 0 Å². The zero-order valence-electron chi connectivity index (χ0n) is 11.7. The smallest absolute Gasteiger partial charge is 0.261 e. The second-order valence-corrected chi connectivity index (χ2v) is 5.11. The minimum Gasteiger partial charge on any atom is -0.261 e. The Morgan fingerprint density at radius 3 is 2.59 bits per heavy atom. The van der Waals surface area contributed by atoms with Crippen molar-refractivity contribution < 1.29 is 13.2 Å². The van der Waals surface area contributed by atoms with Crippen molar-refractivity contribution in [2.24, 2.45) is 5.10 Å². The zero-order chi connectivity index (χ0) is 15.6. The fourth-order valence-electron chi connectivity index (χ4n) is 2.47. The maximum Gasteiger partial charge on any atom is 0.417 e. The third kappa shape index (κ3) is 3.10. The summed E-state index contributed by atoms with van der Waals surface area (Å²) in [5.74, 6) is 0.295. The average molecular weight is 305 g/mol. The summed E-state index contributed by atoms with van der Waals surface area (Å²) in [5, 5.41) is 4.31. The fourth-order valence-corrected chi connectivity index (χ4v) is 2.47. The highest BCUT2D eigenvalue weighted by Gasteiger charge is 2.30. The summed E-state index contributed by atoms with van der Waals surface area (Å²) in [5.41, 5.74) is 5.22. The first kappa shape index (κ1) is 14.6. The Morgan fingerprint density at radius 1 is 1.05 bits per heavy atom. The third-order valence-corrected chi connectivity index (χ3v) is 3.58. The molecule has 6 heteroatoms. The molecule has 0 atom stereocenters. The molecule has 1 aliphatic carbocycles. The minimum atomic E-state index is -4.38. The number of alkyl halides is 3. The van der Waals surface area contributed by atoms with Crippen LogP contribution in [0.4, 0.5) is 19.0 Å². The SMILES string of the molecule is FC(F)(F)c1ccc(NN=C2CCCc3ccccc32)nc1. The summed E-state index contributed by atoms with van der Waals surface area (Å²) in [6.07, 6.45) is -0.701. The van der Waals surface area contributed by atoms with Gasteiger partial charge in [0.2, 0.25) is 0 Å². The standard InChI is InChI=1S/C16H14F3N3/c17-16(18,19)12-8-9-15(20-10-12)22-21-14-7-3-5-11-4-1-2-6-13(11)14/h1-2,4,6,8-10H,3,5,7H2,(H,20,22). The second kappa shape index (κ2) is 5.79. The van der Waals surface area contributed by atoms with E-state index >= 15 is 0 Å². The number of benzene rings is 1. The largest absolute Gasteiger partial charge is 0.417 e. The van der Waals surface area contributed by atoms with Crippen molar-refractivity contribution in [3.05, 3.63) is 59.3 Å².